The van der Waals surface area contributed by atoms with Crippen molar-refractivity contribution in [3.05, 3.63) is 83.1 Å². The van der Waals surface area contributed by atoms with Crippen LogP contribution in [0.5, 0.6) is 5.75 Å². The van der Waals surface area contributed by atoms with E-state index in [9.17, 15) is 9.59 Å². The Morgan fingerprint density at radius 2 is 2.02 bits per heavy atom. The van der Waals surface area contributed by atoms with Gasteiger partial charge in [0.2, 0.25) is 5.91 Å². The first-order valence-corrected chi connectivity index (χ1v) is 15.1. The molecule has 6 heteroatoms. The highest BCUT2D eigenvalue weighted by Gasteiger charge is 2.66. The average molecular weight is 555 g/mol. The molecular formula is C35H42N2O4. The van der Waals surface area contributed by atoms with Gasteiger partial charge in [0, 0.05) is 36.6 Å². The van der Waals surface area contributed by atoms with Gasteiger partial charge < -0.3 is 14.4 Å². The number of carbonyl (C=O) groups excluding carboxylic acids is 2. The molecule has 5 atom stereocenters. The Bertz CT molecular complexity index is 1400. The predicted octanol–water partition coefficient (Wildman–Crippen LogP) is 5.68. The van der Waals surface area contributed by atoms with Gasteiger partial charge in [0.15, 0.2) is 0 Å². The highest BCUT2D eigenvalue weighted by Crippen LogP contribution is 2.62. The molecule has 216 valence electrons. The van der Waals surface area contributed by atoms with E-state index in [0.717, 1.165) is 43.5 Å². The summed E-state index contributed by atoms with van der Waals surface area (Å²) in [6.45, 7) is 14.0. The lowest BCUT2D eigenvalue weighted by Crippen LogP contribution is -2.69. The number of hydrogen-bond donors (Lipinski definition) is 0. The van der Waals surface area contributed by atoms with Crippen molar-refractivity contribution in [2.75, 3.05) is 19.6 Å². The molecule has 1 saturated carbocycles. The number of nitrogens with zero attached hydrogens (tertiary/aromatic N) is 2. The van der Waals surface area contributed by atoms with Crippen molar-refractivity contribution in [3.8, 4) is 5.75 Å². The summed E-state index contributed by atoms with van der Waals surface area (Å²) in [5, 5.41) is 0. The average Bonchev–Trinajstić information content (AvgIpc) is 3.26. The highest BCUT2D eigenvalue weighted by molar-refractivity contribution is 5.92. The van der Waals surface area contributed by atoms with Gasteiger partial charge >= 0.3 is 5.97 Å². The van der Waals surface area contributed by atoms with E-state index in [4.69, 9.17) is 9.47 Å². The topological polar surface area (TPSA) is 59.1 Å². The van der Waals surface area contributed by atoms with Crippen molar-refractivity contribution in [3.63, 3.8) is 0 Å². The third kappa shape index (κ3) is 4.90. The van der Waals surface area contributed by atoms with Crippen LogP contribution in [0.2, 0.25) is 0 Å². The van der Waals surface area contributed by atoms with Crippen LogP contribution >= 0.6 is 0 Å². The molecule has 1 spiro atoms. The molecule has 2 bridgehead atoms. The first kappa shape index (κ1) is 27.8. The number of piperidine rings is 1. The summed E-state index contributed by atoms with van der Waals surface area (Å²) in [6.07, 6.45) is 7.47. The third-order valence-corrected chi connectivity index (χ3v) is 9.67. The first-order valence-electron chi connectivity index (χ1n) is 15.1. The van der Waals surface area contributed by atoms with Crippen molar-refractivity contribution in [2.24, 2.45) is 11.8 Å². The minimum absolute atomic E-state index is 0.00451. The predicted molar refractivity (Wildman–Crippen MR) is 160 cm³/mol. The van der Waals surface area contributed by atoms with Crippen LogP contribution in [-0.2, 0) is 26.2 Å². The van der Waals surface area contributed by atoms with Crippen molar-refractivity contribution in [1.29, 1.82) is 0 Å². The molecule has 1 saturated heterocycles. The van der Waals surface area contributed by atoms with Crippen LogP contribution < -0.4 is 4.74 Å². The molecule has 1 amide bonds. The van der Waals surface area contributed by atoms with Crippen molar-refractivity contribution < 1.29 is 19.1 Å². The molecule has 2 aliphatic carbocycles. The summed E-state index contributed by atoms with van der Waals surface area (Å²) < 4.78 is 12.3. The molecule has 2 fully saturated rings. The van der Waals surface area contributed by atoms with Gasteiger partial charge in [-0.2, -0.15) is 0 Å². The largest absolute Gasteiger partial charge is 0.487 e. The van der Waals surface area contributed by atoms with Gasteiger partial charge in [-0.3, -0.25) is 14.5 Å². The second kappa shape index (κ2) is 10.8. The molecule has 0 radical (unpaired) electrons. The zero-order valence-electron chi connectivity index (χ0n) is 24.8. The molecule has 4 aliphatic rings. The Morgan fingerprint density at radius 1 is 1.22 bits per heavy atom. The number of aryl methyl sites for hydroxylation is 1. The van der Waals surface area contributed by atoms with Crippen molar-refractivity contribution in [1.82, 2.24) is 9.80 Å². The first-order chi connectivity index (χ1) is 19.7. The maximum absolute atomic E-state index is 13.9. The van der Waals surface area contributed by atoms with E-state index in [-0.39, 0.29) is 29.4 Å². The zero-order chi connectivity index (χ0) is 28.9. The van der Waals surface area contributed by atoms with Crippen LogP contribution in [0.1, 0.15) is 62.3 Å². The van der Waals surface area contributed by atoms with Gasteiger partial charge in [0.25, 0.3) is 0 Å². The number of rotatable bonds is 8. The molecule has 41 heavy (non-hydrogen) atoms. The Kier molecular flexibility index (Phi) is 7.31. The van der Waals surface area contributed by atoms with Gasteiger partial charge in [-0.1, -0.05) is 62.4 Å². The van der Waals surface area contributed by atoms with E-state index < -0.39 is 0 Å². The lowest BCUT2D eigenvalue weighted by Gasteiger charge is -2.60. The van der Waals surface area contributed by atoms with Gasteiger partial charge in [-0.15, -0.1) is 0 Å². The molecular weight excluding hydrogens is 512 g/mol. The molecule has 0 unspecified atom stereocenters. The van der Waals surface area contributed by atoms with E-state index in [1.165, 1.54) is 23.6 Å². The van der Waals surface area contributed by atoms with Crippen molar-refractivity contribution in [2.45, 2.75) is 77.0 Å². The third-order valence-electron chi connectivity index (χ3n) is 9.67. The van der Waals surface area contributed by atoms with Gasteiger partial charge in [-0.25, -0.2) is 0 Å². The lowest BCUT2D eigenvalue weighted by atomic mass is 9.51. The molecule has 2 heterocycles. The standard InChI is InChI=1S/C35H42N2O4/c1-22(2)20-37(32(39)15-12-26-9-6-8-23(3)18-26)29-14-13-28-30-19-27-10-7-11-31-33(27)35(28,34(29)41-31)16-17-36(30)21-24(4)40-25(5)38/h6-12,15,18,22,28-30,34H,4,13-14,16-17,19-21H2,1-3,5H3/t28-,29+,30+,34-,35-/m0/s1. The van der Waals surface area contributed by atoms with Crippen LogP contribution in [0.3, 0.4) is 0 Å². The molecule has 2 aliphatic heterocycles. The summed E-state index contributed by atoms with van der Waals surface area (Å²) in [4.78, 5) is 30.1. The fourth-order valence-electron chi connectivity index (χ4n) is 8.37. The minimum atomic E-state index is -0.321. The number of hydrogen-bond acceptors (Lipinski definition) is 5. The fourth-order valence-corrected chi connectivity index (χ4v) is 8.37. The summed E-state index contributed by atoms with van der Waals surface area (Å²) in [6, 6.07) is 15.1. The number of benzene rings is 2. The lowest BCUT2D eigenvalue weighted by molar-refractivity contribution is -0.140. The van der Waals surface area contributed by atoms with Gasteiger partial charge in [0.05, 0.1) is 12.6 Å². The fraction of sp³-hybridized carbons (Fsp3) is 0.486. The van der Waals surface area contributed by atoms with Gasteiger partial charge in [-0.05, 0) is 74.3 Å². The van der Waals surface area contributed by atoms with Crippen LogP contribution in [0.25, 0.3) is 6.08 Å². The smallest absolute Gasteiger partial charge is 0.307 e. The van der Waals surface area contributed by atoms with E-state index >= 15 is 0 Å². The monoisotopic (exact) mass is 554 g/mol. The van der Waals surface area contributed by atoms with Crippen LogP contribution in [0.15, 0.2) is 60.9 Å². The number of amides is 1. The Hall–Kier alpha value is -3.38. The molecule has 2 aromatic carbocycles. The van der Waals surface area contributed by atoms with E-state index in [2.05, 4.69) is 67.5 Å². The SMILES string of the molecule is C=C(CN1CC[C@]23c4c5cccc4O[C@H]2[C@H](N(CC(C)C)C(=O)C=Cc2cccc(C)c2)CC[C@H]3[C@H]1C5)OC(C)=O. The zero-order valence-corrected chi connectivity index (χ0v) is 24.8. The van der Waals surface area contributed by atoms with Crippen LogP contribution in [-0.4, -0.2) is 59.5 Å². The number of likely N-dealkylation sites (tertiary alicyclic amines) is 1. The van der Waals surface area contributed by atoms with E-state index in [0.29, 0.717) is 36.7 Å². The maximum Gasteiger partial charge on any atom is 0.307 e. The van der Waals surface area contributed by atoms with E-state index in [1.807, 2.05) is 18.2 Å². The summed E-state index contributed by atoms with van der Waals surface area (Å²) >= 11 is 0. The molecule has 2 aromatic rings. The molecule has 6 nitrogen and oxygen atoms in total. The van der Waals surface area contributed by atoms with Crippen LogP contribution in [0.4, 0.5) is 0 Å². The van der Waals surface area contributed by atoms with Crippen LogP contribution in [0, 0.1) is 18.8 Å². The Morgan fingerprint density at radius 3 is 2.78 bits per heavy atom. The minimum Gasteiger partial charge on any atom is -0.487 e. The highest BCUT2D eigenvalue weighted by atomic mass is 16.5. The number of carbonyl (C=O) groups is 2. The quantitative estimate of drug-likeness (QED) is 0.239. The van der Waals surface area contributed by atoms with Crippen molar-refractivity contribution >= 4 is 18.0 Å². The second-order valence-corrected chi connectivity index (χ2v) is 12.9. The summed E-state index contributed by atoms with van der Waals surface area (Å²) in [7, 11) is 0. The number of ether oxygens (including phenoxy) is 2. The van der Waals surface area contributed by atoms with E-state index in [1.54, 1.807) is 6.08 Å². The van der Waals surface area contributed by atoms with Gasteiger partial charge in [0.1, 0.15) is 17.6 Å². The maximum atomic E-state index is 13.9. The Labute approximate surface area is 244 Å². The summed E-state index contributed by atoms with van der Waals surface area (Å²) in [5.74, 6) is 2.01. The second-order valence-electron chi connectivity index (χ2n) is 12.9. The normalized spacial score (nSPS) is 27.8. The molecule has 0 aromatic heterocycles. The molecule has 0 N–H and O–H groups in total. The number of esters is 1. The Balaban J connectivity index is 1.33. The summed E-state index contributed by atoms with van der Waals surface area (Å²) in [5.41, 5.74) is 4.85. The molecule has 6 rings (SSSR count).